The molecule has 0 atom stereocenters. The van der Waals surface area contributed by atoms with Crippen molar-refractivity contribution in [1.82, 2.24) is 9.78 Å². The number of carbonyl (C=O) groups is 1. The average molecular weight is 380 g/mol. The van der Waals surface area contributed by atoms with Gasteiger partial charge in [0.05, 0.1) is 17.7 Å². The lowest BCUT2D eigenvalue weighted by Crippen LogP contribution is -2.29. The van der Waals surface area contributed by atoms with Crippen molar-refractivity contribution in [1.29, 1.82) is 0 Å². The molecule has 142 valence electrons. The number of nitrogens with one attached hydrogen (secondary N) is 1. The Kier molecular flexibility index (Phi) is 5.45. The number of nitrogens with zero attached hydrogens (tertiary/aromatic N) is 3. The average Bonchev–Trinajstić information content (AvgIpc) is 2.70. The van der Waals surface area contributed by atoms with Gasteiger partial charge in [0, 0.05) is 17.7 Å². The lowest BCUT2D eigenvalue weighted by molar-refractivity contribution is -0.383. The zero-order valence-corrected chi connectivity index (χ0v) is 14.9. The normalized spacial score (nSPS) is 10.3. The minimum Gasteiger partial charge on any atom is -0.497 e. The van der Waals surface area contributed by atoms with Crippen LogP contribution >= 0.6 is 0 Å². The van der Waals surface area contributed by atoms with Gasteiger partial charge in [-0.05, 0) is 24.3 Å². The largest absolute Gasteiger partial charge is 0.497 e. The molecule has 1 aromatic heterocycles. The molecule has 9 nitrogen and oxygen atoms in total. The van der Waals surface area contributed by atoms with Crippen LogP contribution in [0.3, 0.4) is 0 Å². The molecule has 3 rings (SSSR count). The number of carbonyl (C=O) groups excluding carboxylic acids is 1. The number of rotatable bonds is 6. The number of ether oxygens (including phenoxy) is 1. The van der Waals surface area contributed by atoms with Gasteiger partial charge in [0.2, 0.25) is 5.91 Å². The van der Waals surface area contributed by atoms with E-state index in [2.05, 4.69) is 10.4 Å². The Balaban J connectivity index is 1.83. The third-order valence-electron chi connectivity index (χ3n) is 3.90. The van der Waals surface area contributed by atoms with Crippen LogP contribution in [0.2, 0.25) is 0 Å². The summed E-state index contributed by atoms with van der Waals surface area (Å²) in [6, 6.07) is 15.7. The summed E-state index contributed by atoms with van der Waals surface area (Å²) in [7, 11) is 1.54. The number of nitro benzene ring substituents is 1. The summed E-state index contributed by atoms with van der Waals surface area (Å²) in [5.74, 6) is 0.0258. The van der Waals surface area contributed by atoms with Gasteiger partial charge in [0.1, 0.15) is 18.0 Å². The van der Waals surface area contributed by atoms with Gasteiger partial charge in [-0.2, -0.15) is 5.10 Å². The van der Waals surface area contributed by atoms with Crippen molar-refractivity contribution in [2.45, 2.75) is 6.54 Å². The first kappa shape index (κ1) is 18.8. The van der Waals surface area contributed by atoms with Crippen LogP contribution in [0.5, 0.6) is 5.75 Å². The summed E-state index contributed by atoms with van der Waals surface area (Å²) in [6.45, 7) is -0.386. The molecule has 3 aromatic rings. The molecule has 0 unspecified atom stereocenters. The summed E-state index contributed by atoms with van der Waals surface area (Å²) in [5, 5.41) is 17.7. The Morgan fingerprint density at radius 1 is 1.18 bits per heavy atom. The third-order valence-corrected chi connectivity index (χ3v) is 3.90. The zero-order chi connectivity index (χ0) is 20.1. The number of anilines is 1. The van der Waals surface area contributed by atoms with Crippen LogP contribution in [-0.4, -0.2) is 27.7 Å². The van der Waals surface area contributed by atoms with E-state index < -0.39 is 16.4 Å². The number of nitro groups is 1. The molecule has 0 spiro atoms. The summed E-state index contributed by atoms with van der Waals surface area (Å²) >= 11 is 0. The molecular formula is C19H16N4O5. The number of para-hydroxylation sites is 2. The van der Waals surface area contributed by atoms with Gasteiger partial charge in [0.25, 0.3) is 11.2 Å². The summed E-state index contributed by atoms with van der Waals surface area (Å²) in [6.07, 6.45) is 0. The van der Waals surface area contributed by atoms with E-state index in [1.54, 1.807) is 43.5 Å². The minimum atomic E-state index is -0.605. The number of hydrogen-bond donors (Lipinski definition) is 1. The van der Waals surface area contributed by atoms with E-state index in [9.17, 15) is 19.7 Å². The standard InChI is InChI=1S/C19H16N4O5/c1-28-14-6-4-5-13(11-14)15-9-10-19(25)22(21-15)12-18(24)20-16-7-2-3-8-17(16)23(26)27/h2-11H,12H2,1H3,(H,20,24). The van der Waals surface area contributed by atoms with Gasteiger partial charge < -0.3 is 10.1 Å². The SMILES string of the molecule is COc1cccc(-c2ccc(=O)n(CC(=O)Nc3ccccc3[N+](=O)[O-])n2)c1. The van der Waals surface area contributed by atoms with E-state index in [1.165, 1.54) is 24.3 Å². The van der Waals surface area contributed by atoms with Crippen LogP contribution < -0.4 is 15.6 Å². The Morgan fingerprint density at radius 2 is 1.96 bits per heavy atom. The van der Waals surface area contributed by atoms with E-state index in [-0.39, 0.29) is 17.9 Å². The van der Waals surface area contributed by atoms with Crippen molar-refractivity contribution in [2.24, 2.45) is 0 Å². The molecule has 0 bridgehead atoms. The predicted molar refractivity (Wildman–Crippen MR) is 102 cm³/mol. The molecule has 1 amide bonds. The number of aromatic nitrogens is 2. The highest BCUT2D eigenvalue weighted by atomic mass is 16.6. The molecule has 28 heavy (non-hydrogen) atoms. The van der Waals surface area contributed by atoms with Crippen LogP contribution in [0.1, 0.15) is 0 Å². The number of amides is 1. The van der Waals surface area contributed by atoms with Crippen molar-refractivity contribution in [3.8, 4) is 17.0 Å². The second-order valence-corrected chi connectivity index (χ2v) is 5.77. The second kappa shape index (κ2) is 8.12. The maximum Gasteiger partial charge on any atom is 0.292 e. The molecular weight excluding hydrogens is 364 g/mol. The Labute approximate surface area is 159 Å². The Hall–Kier alpha value is -4.01. The molecule has 9 heteroatoms. The fourth-order valence-corrected chi connectivity index (χ4v) is 2.56. The van der Waals surface area contributed by atoms with Crippen molar-refractivity contribution < 1.29 is 14.5 Å². The number of benzene rings is 2. The summed E-state index contributed by atoms with van der Waals surface area (Å²) < 4.78 is 6.18. The maximum atomic E-state index is 12.3. The Bertz CT molecular complexity index is 1090. The van der Waals surface area contributed by atoms with E-state index in [4.69, 9.17) is 4.74 Å². The van der Waals surface area contributed by atoms with E-state index >= 15 is 0 Å². The van der Waals surface area contributed by atoms with E-state index in [0.29, 0.717) is 17.0 Å². The van der Waals surface area contributed by atoms with E-state index in [1.807, 2.05) is 0 Å². The van der Waals surface area contributed by atoms with Crippen LogP contribution in [-0.2, 0) is 11.3 Å². The van der Waals surface area contributed by atoms with Crippen LogP contribution in [0.4, 0.5) is 11.4 Å². The fraction of sp³-hybridized carbons (Fsp3) is 0.105. The van der Waals surface area contributed by atoms with Crippen molar-refractivity contribution in [3.63, 3.8) is 0 Å². The molecule has 0 saturated carbocycles. The molecule has 0 saturated heterocycles. The van der Waals surface area contributed by atoms with E-state index in [0.717, 1.165) is 4.68 Å². The topological polar surface area (TPSA) is 116 Å². The highest BCUT2D eigenvalue weighted by Gasteiger charge is 2.16. The van der Waals surface area contributed by atoms with Crippen molar-refractivity contribution in [2.75, 3.05) is 12.4 Å². The van der Waals surface area contributed by atoms with Gasteiger partial charge in [-0.1, -0.05) is 24.3 Å². The van der Waals surface area contributed by atoms with Crippen molar-refractivity contribution >= 4 is 17.3 Å². The maximum absolute atomic E-state index is 12.3. The van der Waals surface area contributed by atoms with Gasteiger partial charge >= 0.3 is 0 Å². The molecule has 1 N–H and O–H groups in total. The molecule has 0 radical (unpaired) electrons. The highest BCUT2D eigenvalue weighted by molar-refractivity contribution is 5.92. The van der Waals surface area contributed by atoms with Crippen LogP contribution in [0.15, 0.2) is 65.5 Å². The first-order chi connectivity index (χ1) is 13.5. The number of hydrogen-bond acceptors (Lipinski definition) is 6. The molecule has 0 aliphatic heterocycles. The monoisotopic (exact) mass is 380 g/mol. The smallest absolute Gasteiger partial charge is 0.292 e. The molecule has 1 heterocycles. The minimum absolute atomic E-state index is 0.0505. The first-order valence-corrected chi connectivity index (χ1v) is 8.24. The lowest BCUT2D eigenvalue weighted by atomic mass is 10.1. The zero-order valence-electron chi connectivity index (χ0n) is 14.9. The molecule has 0 fully saturated rings. The highest BCUT2D eigenvalue weighted by Crippen LogP contribution is 2.23. The van der Waals surface area contributed by atoms with Crippen LogP contribution in [0, 0.1) is 10.1 Å². The van der Waals surface area contributed by atoms with Gasteiger partial charge in [-0.25, -0.2) is 4.68 Å². The Morgan fingerprint density at radius 3 is 2.71 bits per heavy atom. The molecule has 0 aliphatic rings. The first-order valence-electron chi connectivity index (χ1n) is 8.24. The van der Waals surface area contributed by atoms with Gasteiger partial charge in [-0.15, -0.1) is 0 Å². The summed E-state index contributed by atoms with van der Waals surface area (Å²) in [5.41, 5.74) is 0.546. The second-order valence-electron chi connectivity index (χ2n) is 5.77. The number of methoxy groups -OCH3 is 1. The van der Waals surface area contributed by atoms with Gasteiger partial charge in [-0.3, -0.25) is 19.7 Å². The van der Waals surface area contributed by atoms with Gasteiger partial charge in [0.15, 0.2) is 0 Å². The predicted octanol–water partition coefficient (Wildman–Crippen LogP) is 2.47. The lowest BCUT2D eigenvalue weighted by Gasteiger charge is -2.09. The molecule has 0 aliphatic carbocycles. The molecule has 2 aromatic carbocycles. The van der Waals surface area contributed by atoms with Crippen molar-refractivity contribution in [3.05, 3.63) is 81.1 Å². The summed E-state index contributed by atoms with van der Waals surface area (Å²) in [4.78, 5) is 34.8. The quantitative estimate of drug-likeness (QED) is 0.519. The van der Waals surface area contributed by atoms with Crippen LogP contribution in [0.25, 0.3) is 11.3 Å². The fourth-order valence-electron chi connectivity index (χ4n) is 2.56. The third kappa shape index (κ3) is 4.21.